The molecule has 0 aromatic rings. The Hall–Kier alpha value is -1.32. The molecule has 3 aliphatic carbocycles. The van der Waals surface area contributed by atoms with Gasteiger partial charge >= 0.3 is 11.9 Å². The minimum Gasteiger partial charge on any atom is -0.481 e. The van der Waals surface area contributed by atoms with E-state index in [4.69, 9.17) is 0 Å². The highest BCUT2D eigenvalue weighted by Crippen LogP contribution is 2.66. The summed E-state index contributed by atoms with van der Waals surface area (Å²) in [5, 5.41) is 19.2. The largest absolute Gasteiger partial charge is 0.481 e. The number of carboxylic acids is 2. The molecule has 0 radical (unpaired) electrons. The van der Waals surface area contributed by atoms with Crippen molar-refractivity contribution < 1.29 is 19.8 Å². The van der Waals surface area contributed by atoms with E-state index in [1.54, 1.807) is 0 Å². The molecule has 0 heterocycles. The number of fused-ring (bicyclic) bond motifs is 3. The van der Waals surface area contributed by atoms with Crippen molar-refractivity contribution in [1.82, 2.24) is 0 Å². The van der Waals surface area contributed by atoms with Crippen LogP contribution in [-0.2, 0) is 9.59 Å². The highest BCUT2D eigenvalue weighted by Gasteiger charge is 2.58. The number of hydrogen-bond acceptors (Lipinski definition) is 2. The topological polar surface area (TPSA) is 74.6 Å². The van der Waals surface area contributed by atoms with E-state index in [-0.39, 0.29) is 24.7 Å². The molecule has 0 spiro atoms. The van der Waals surface area contributed by atoms with Gasteiger partial charge in [-0.3, -0.25) is 9.59 Å². The molecule has 2 N–H and O–H groups in total. The zero-order valence-corrected chi connectivity index (χ0v) is 21.2. The minimum absolute atomic E-state index is 0.0691. The van der Waals surface area contributed by atoms with Crippen molar-refractivity contribution in [2.24, 2.45) is 52.3 Å². The lowest BCUT2D eigenvalue weighted by atomic mass is 9.49. The number of rotatable bonds is 9. The molecule has 0 aromatic carbocycles. The van der Waals surface area contributed by atoms with Crippen molar-refractivity contribution in [3.05, 3.63) is 11.6 Å². The second kappa shape index (κ2) is 9.50. The number of carbonyl (C=O) groups is 2. The molecule has 182 valence electrons. The van der Waals surface area contributed by atoms with Gasteiger partial charge in [0.05, 0.1) is 6.42 Å². The standard InChI is InChI=1S/C28H46O4/c1-17(2)18(3)7-8-19(4)22-11-12-23-21-10-9-20(15-25(29)30)28(6,16-26(31)32)24(21)13-14-27(22,23)5/h10,17-20,22-24H,7-9,11-16H2,1-6H3,(H,29,30)(H,31,32)/t18-,19+,20-,22?,23?,24?,27?,28?/m0/s1. The summed E-state index contributed by atoms with van der Waals surface area (Å²) < 4.78 is 0. The van der Waals surface area contributed by atoms with Crippen LogP contribution in [0.4, 0.5) is 0 Å². The van der Waals surface area contributed by atoms with E-state index in [2.05, 4.69) is 47.6 Å². The number of aliphatic carboxylic acids is 2. The molecular weight excluding hydrogens is 400 g/mol. The third-order valence-corrected chi connectivity index (χ3v) is 10.4. The number of carboxylic acid groups (broad SMARTS) is 2. The van der Waals surface area contributed by atoms with E-state index in [1.807, 2.05) is 0 Å². The Morgan fingerprint density at radius 2 is 1.69 bits per heavy atom. The zero-order chi connectivity index (χ0) is 23.8. The average Bonchev–Trinajstić information content (AvgIpc) is 3.04. The molecule has 0 aliphatic heterocycles. The predicted molar refractivity (Wildman–Crippen MR) is 128 cm³/mol. The van der Waals surface area contributed by atoms with Gasteiger partial charge in [-0.15, -0.1) is 0 Å². The Morgan fingerprint density at radius 1 is 1.00 bits per heavy atom. The summed E-state index contributed by atoms with van der Waals surface area (Å²) in [6.45, 7) is 14.1. The fourth-order valence-corrected chi connectivity index (χ4v) is 7.98. The second-order valence-electron chi connectivity index (χ2n) is 12.4. The van der Waals surface area contributed by atoms with Crippen LogP contribution in [0.1, 0.15) is 99.3 Å². The van der Waals surface area contributed by atoms with Gasteiger partial charge in [-0.2, -0.15) is 0 Å². The van der Waals surface area contributed by atoms with Crippen LogP contribution in [-0.4, -0.2) is 22.2 Å². The average molecular weight is 447 g/mol. The second-order valence-corrected chi connectivity index (χ2v) is 12.4. The van der Waals surface area contributed by atoms with Gasteiger partial charge in [0.15, 0.2) is 0 Å². The van der Waals surface area contributed by atoms with E-state index >= 15 is 0 Å². The van der Waals surface area contributed by atoms with Crippen molar-refractivity contribution in [1.29, 1.82) is 0 Å². The maximum atomic E-state index is 11.8. The van der Waals surface area contributed by atoms with Crippen LogP contribution in [0.15, 0.2) is 11.6 Å². The molecule has 3 aliphatic rings. The van der Waals surface area contributed by atoms with Crippen LogP contribution in [0.2, 0.25) is 0 Å². The molecule has 0 aromatic heterocycles. The molecule has 4 nitrogen and oxygen atoms in total. The normalized spacial score (nSPS) is 38.5. The van der Waals surface area contributed by atoms with Crippen LogP contribution in [0.3, 0.4) is 0 Å². The summed E-state index contributed by atoms with van der Waals surface area (Å²) in [5.41, 5.74) is 1.31. The summed E-state index contributed by atoms with van der Waals surface area (Å²) in [4.78, 5) is 23.4. The Balaban J connectivity index is 1.82. The maximum absolute atomic E-state index is 11.8. The lowest BCUT2D eigenvalue weighted by molar-refractivity contribution is -0.146. The van der Waals surface area contributed by atoms with Crippen LogP contribution >= 0.6 is 0 Å². The smallest absolute Gasteiger partial charge is 0.303 e. The van der Waals surface area contributed by atoms with Crippen molar-refractivity contribution in [3.63, 3.8) is 0 Å². The van der Waals surface area contributed by atoms with E-state index in [1.165, 1.54) is 31.3 Å². The molecule has 4 heteroatoms. The number of allylic oxidation sites excluding steroid dienone is 2. The molecule has 0 saturated heterocycles. The Morgan fingerprint density at radius 3 is 2.28 bits per heavy atom. The quantitative estimate of drug-likeness (QED) is 0.372. The van der Waals surface area contributed by atoms with Gasteiger partial charge in [0.1, 0.15) is 0 Å². The monoisotopic (exact) mass is 446 g/mol. The van der Waals surface area contributed by atoms with Crippen LogP contribution in [0, 0.1) is 52.3 Å². The first-order chi connectivity index (χ1) is 14.9. The summed E-state index contributed by atoms with van der Waals surface area (Å²) >= 11 is 0. The lowest BCUT2D eigenvalue weighted by Crippen LogP contribution is -2.48. The Labute approximate surface area is 195 Å². The van der Waals surface area contributed by atoms with E-state index in [0.29, 0.717) is 17.8 Å². The summed E-state index contributed by atoms with van der Waals surface area (Å²) in [6.07, 6.45) is 10.4. The maximum Gasteiger partial charge on any atom is 0.303 e. The summed E-state index contributed by atoms with van der Waals surface area (Å²) in [6, 6.07) is 0. The Bertz CT molecular complexity index is 740. The van der Waals surface area contributed by atoms with Gasteiger partial charge in [0.2, 0.25) is 0 Å². The van der Waals surface area contributed by atoms with Gasteiger partial charge in [0, 0.05) is 6.42 Å². The molecular formula is C28H46O4. The third-order valence-electron chi connectivity index (χ3n) is 10.4. The molecule has 5 unspecified atom stereocenters. The van der Waals surface area contributed by atoms with Crippen molar-refractivity contribution in [3.8, 4) is 0 Å². The molecule has 0 bridgehead atoms. The lowest BCUT2D eigenvalue weighted by Gasteiger charge is -2.55. The molecule has 3 rings (SSSR count). The molecule has 2 fully saturated rings. The Kier molecular flexibility index (Phi) is 7.52. The zero-order valence-electron chi connectivity index (χ0n) is 21.2. The van der Waals surface area contributed by atoms with Gasteiger partial charge in [0.25, 0.3) is 0 Å². The first-order valence-electron chi connectivity index (χ1n) is 13.0. The molecule has 2 saturated carbocycles. The fraction of sp³-hybridized carbons (Fsp3) is 0.857. The van der Waals surface area contributed by atoms with Crippen LogP contribution in [0.5, 0.6) is 0 Å². The van der Waals surface area contributed by atoms with E-state index < -0.39 is 17.4 Å². The molecule has 32 heavy (non-hydrogen) atoms. The highest BCUT2D eigenvalue weighted by molar-refractivity contribution is 5.70. The van der Waals surface area contributed by atoms with Gasteiger partial charge < -0.3 is 10.2 Å². The summed E-state index contributed by atoms with van der Waals surface area (Å²) in [7, 11) is 0. The molecule has 0 amide bonds. The van der Waals surface area contributed by atoms with Crippen molar-refractivity contribution >= 4 is 11.9 Å². The van der Waals surface area contributed by atoms with Crippen molar-refractivity contribution in [2.75, 3.05) is 0 Å². The number of hydrogen-bond donors (Lipinski definition) is 2. The van der Waals surface area contributed by atoms with Crippen molar-refractivity contribution in [2.45, 2.75) is 99.3 Å². The first-order valence-corrected chi connectivity index (χ1v) is 13.0. The first kappa shape index (κ1) is 25.3. The predicted octanol–water partition coefficient (Wildman–Crippen LogP) is 7.04. The third kappa shape index (κ3) is 4.66. The molecule has 8 atom stereocenters. The van der Waals surface area contributed by atoms with Crippen LogP contribution < -0.4 is 0 Å². The van der Waals surface area contributed by atoms with Gasteiger partial charge in [-0.05, 0) is 84.4 Å². The van der Waals surface area contributed by atoms with Gasteiger partial charge in [-0.25, -0.2) is 0 Å². The van der Waals surface area contributed by atoms with E-state index in [0.717, 1.165) is 36.5 Å². The SMILES string of the molecule is CC(C)[C@@H](C)CC[C@@H](C)C1CCC2C3=CC[C@@H](CC(=O)O)C(C)(CC(=O)O)C3CCC21C. The van der Waals surface area contributed by atoms with Crippen LogP contribution in [0.25, 0.3) is 0 Å². The fourth-order valence-electron chi connectivity index (χ4n) is 7.98. The van der Waals surface area contributed by atoms with Gasteiger partial charge in [-0.1, -0.05) is 66.0 Å². The summed E-state index contributed by atoms with van der Waals surface area (Å²) in [5.74, 6) is 2.00. The van der Waals surface area contributed by atoms with E-state index in [9.17, 15) is 19.8 Å². The minimum atomic E-state index is -0.811. The highest BCUT2D eigenvalue weighted by atomic mass is 16.4.